The summed E-state index contributed by atoms with van der Waals surface area (Å²) in [5, 5.41) is 4.10. The van der Waals surface area contributed by atoms with E-state index in [0.29, 0.717) is 5.82 Å². The highest BCUT2D eigenvalue weighted by atomic mass is 79.9. The molecule has 22 heavy (non-hydrogen) atoms. The largest absolute Gasteiger partial charge is 0.382 e. The molecular weight excluding hydrogens is 358 g/mol. The van der Waals surface area contributed by atoms with Gasteiger partial charge in [-0.1, -0.05) is 64.0 Å². The van der Waals surface area contributed by atoms with E-state index in [1.165, 1.54) is 11.1 Å². The van der Waals surface area contributed by atoms with Gasteiger partial charge in [-0.05, 0) is 36.6 Å². The van der Waals surface area contributed by atoms with E-state index in [9.17, 15) is 0 Å². The number of hydrogen-bond acceptors (Lipinski definition) is 3. The Morgan fingerprint density at radius 3 is 2.23 bits per heavy atom. The van der Waals surface area contributed by atoms with Crippen LogP contribution in [0.3, 0.4) is 0 Å². The fraction of sp³-hybridized carbons (Fsp3) is 0.118. The summed E-state index contributed by atoms with van der Waals surface area (Å²) in [5.74, 6) is 1.47. The van der Waals surface area contributed by atoms with Crippen LogP contribution in [-0.2, 0) is 5.75 Å². The van der Waals surface area contributed by atoms with E-state index in [-0.39, 0.29) is 0 Å². The molecule has 5 heteroatoms. The molecule has 0 saturated heterocycles. The minimum absolute atomic E-state index is 0.561. The van der Waals surface area contributed by atoms with Crippen LogP contribution in [0.2, 0.25) is 0 Å². The van der Waals surface area contributed by atoms with Gasteiger partial charge in [-0.15, -0.1) is 5.10 Å². The maximum Gasteiger partial charge on any atom is 0.146 e. The first-order chi connectivity index (χ1) is 10.6. The van der Waals surface area contributed by atoms with Crippen molar-refractivity contribution in [3.8, 4) is 0 Å². The van der Waals surface area contributed by atoms with Crippen LogP contribution in [0.5, 0.6) is 0 Å². The summed E-state index contributed by atoms with van der Waals surface area (Å²) in [6, 6.07) is 20.3. The molecule has 2 aromatic carbocycles. The van der Waals surface area contributed by atoms with Gasteiger partial charge in [-0.2, -0.15) is 0 Å². The number of rotatable bonds is 3. The lowest BCUT2D eigenvalue weighted by Gasteiger charge is -2.01. The Bertz CT molecular complexity index is 681. The second-order valence-corrected chi connectivity index (χ2v) is 6.53. The van der Waals surface area contributed by atoms with Gasteiger partial charge in [-0.3, -0.25) is 0 Å². The minimum atomic E-state index is 0.561. The predicted molar refractivity (Wildman–Crippen MR) is 98.7 cm³/mol. The summed E-state index contributed by atoms with van der Waals surface area (Å²) >= 11 is 4.94. The Morgan fingerprint density at radius 2 is 1.73 bits per heavy atom. The zero-order valence-electron chi connectivity index (χ0n) is 12.3. The minimum Gasteiger partial charge on any atom is -0.382 e. The summed E-state index contributed by atoms with van der Waals surface area (Å²) in [6.45, 7) is 2.09. The van der Waals surface area contributed by atoms with Crippen LogP contribution in [0, 0.1) is 6.92 Å². The number of aromatic nitrogens is 2. The van der Waals surface area contributed by atoms with Crippen LogP contribution in [0.25, 0.3) is 0 Å². The monoisotopic (exact) mass is 375 g/mol. The highest BCUT2D eigenvalue weighted by Crippen LogP contribution is 2.15. The Hall–Kier alpha value is -1.72. The average molecular weight is 376 g/mol. The third-order valence-electron chi connectivity index (χ3n) is 2.80. The molecule has 0 aliphatic rings. The summed E-state index contributed by atoms with van der Waals surface area (Å²) in [7, 11) is 0. The first kappa shape index (κ1) is 16.6. The number of benzene rings is 2. The van der Waals surface area contributed by atoms with Crippen molar-refractivity contribution < 1.29 is 0 Å². The van der Waals surface area contributed by atoms with Crippen LogP contribution in [0.15, 0.2) is 71.3 Å². The Morgan fingerprint density at radius 1 is 1.05 bits per heavy atom. The zero-order valence-corrected chi connectivity index (χ0v) is 14.7. The van der Waals surface area contributed by atoms with Crippen molar-refractivity contribution in [2.75, 3.05) is 5.73 Å². The molecule has 2 N–H and O–H groups in total. The average Bonchev–Trinajstić information content (AvgIpc) is 2.94. The van der Waals surface area contributed by atoms with Gasteiger partial charge in [0.05, 0.1) is 0 Å². The molecule has 0 amide bonds. The molecule has 0 atom stereocenters. The van der Waals surface area contributed by atoms with Crippen molar-refractivity contribution in [1.82, 2.24) is 9.19 Å². The molecule has 0 unspecified atom stereocenters. The zero-order chi connectivity index (χ0) is 15.8. The quantitative estimate of drug-likeness (QED) is 0.706. The van der Waals surface area contributed by atoms with Crippen LogP contribution in [0.4, 0.5) is 5.82 Å². The fourth-order valence-electron chi connectivity index (χ4n) is 1.63. The molecule has 0 aliphatic heterocycles. The molecule has 3 rings (SSSR count). The standard InChI is InChI=1S/C11H13N3S.C6H5Br/c1-9-2-4-10(5-3-9)8-15-14-7-6-11(12)13-14;7-6-4-2-1-3-5-6/h2-7H,8H2,1H3,(H2,12,13);1-5H. The number of anilines is 1. The van der Waals surface area contributed by atoms with E-state index in [2.05, 4.69) is 52.2 Å². The molecule has 0 saturated carbocycles. The lowest BCUT2D eigenvalue weighted by Crippen LogP contribution is -1.91. The van der Waals surface area contributed by atoms with E-state index < -0.39 is 0 Å². The van der Waals surface area contributed by atoms with Crippen molar-refractivity contribution >= 4 is 33.7 Å². The van der Waals surface area contributed by atoms with E-state index in [0.717, 1.165) is 10.2 Å². The van der Waals surface area contributed by atoms with E-state index in [4.69, 9.17) is 5.73 Å². The van der Waals surface area contributed by atoms with Crippen LogP contribution < -0.4 is 5.73 Å². The van der Waals surface area contributed by atoms with Crippen molar-refractivity contribution in [2.24, 2.45) is 0 Å². The molecule has 3 aromatic rings. The molecule has 3 nitrogen and oxygen atoms in total. The molecule has 0 fully saturated rings. The number of nitrogen functional groups attached to an aromatic ring is 1. The maximum absolute atomic E-state index is 5.52. The first-order valence-corrected chi connectivity index (χ1v) is 8.57. The highest BCUT2D eigenvalue weighted by Gasteiger charge is 1.97. The Labute approximate surface area is 143 Å². The van der Waals surface area contributed by atoms with E-state index >= 15 is 0 Å². The number of nitrogens with two attached hydrogens (primary N) is 1. The molecule has 0 aliphatic carbocycles. The third-order valence-corrected chi connectivity index (χ3v) is 4.26. The topological polar surface area (TPSA) is 43.8 Å². The van der Waals surface area contributed by atoms with Crippen LogP contribution in [-0.4, -0.2) is 9.19 Å². The number of nitrogens with zero attached hydrogens (tertiary/aromatic N) is 2. The Balaban J connectivity index is 0.000000211. The van der Waals surface area contributed by atoms with Gasteiger partial charge in [0, 0.05) is 22.5 Å². The van der Waals surface area contributed by atoms with Crippen molar-refractivity contribution in [2.45, 2.75) is 12.7 Å². The smallest absolute Gasteiger partial charge is 0.146 e. The van der Waals surface area contributed by atoms with Gasteiger partial charge in [0.25, 0.3) is 0 Å². The fourth-order valence-corrected chi connectivity index (χ4v) is 2.71. The molecule has 1 heterocycles. The Kier molecular flexibility index (Phi) is 6.55. The van der Waals surface area contributed by atoms with Gasteiger partial charge >= 0.3 is 0 Å². The van der Waals surface area contributed by atoms with E-state index in [1.807, 2.05) is 36.5 Å². The highest BCUT2D eigenvalue weighted by molar-refractivity contribution is 9.10. The second-order valence-electron chi connectivity index (χ2n) is 4.70. The number of aryl methyl sites for hydroxylation is 1. The molecular formula is C17H18BrN3S. The molecule has 114 valence electrons. The van der Waals surface area contributed by atoms with Crippen molar-refractivity contribution in [3.05, 3.63) is 82.5 Å². The van der Waals surface area contributed by atoms with Gasteiger partial charge < -0.3 is 5.73 Å². The van der Waals surface area contributed by atoms with Crippen molar-refractivity contribution in [1.29, 1.82) is 0 Å². The molecule has 0 radical (unpaired) electrons. The second kappa shape index (κ2) is 8.66. The van der Waals surface area contributed by atoms with Gasteiger partial charge in [0.1, 0.15) is 5.82 Å². The van der Waals surface area contributed by atoms with Crippen LogP contribution >= 0.6 is 27.9 Å². The molecule has 0 bridgehead atoms. The summed E-state index contributed by atoms with van der Waals surface area (Å²) in [4.78, 5) is 0. The predicted octanol–water partition coefficient (Wildman–Crippen LogP) is 4.92. The van der Waals surface area contributed by atoms with E-state index in [1.54, 1.807) is 22.1 Å². The number of hydrogen-bond donors (Lipinski definition) is 1. The lowest BCUT2D eigenvalue weighted by atomic mass is 10.2. The maximum atomic E-state index is 5.52. The normalized spacial score (nSPS) is 9.91. The summed E-state index contributed by atoms with van der Waals surface area (Å²) in [5.41, 5.74) is 8.10. The van der Waals surface area contributed by atoms with Gasteiger partial charge in [-0.25, -0.2) is 4.09 Å². The summed E-state index contributed by atoms with van der Waals surface area (Å²) < 4.78 is 2.92. The molecule has 0 spiro atoms. The summed E-state index contributed by atoms with van der Waals surface area (Å²) in [6.07, 6.45) is 1.87. The molecule has 1 aromatic heterocycles. The lowest BCUT2D eigenvalue weighted by molar-refractivity contribution is 1.01. The van der Waals surface area contributed by atoms with Crippen LogP contribution in [0.1, 0.15) is 11.1 Å². The van der Waals surface area contributed by atoms with Gasteiger partial charge in [0.15, 0.2) is 0 Å². The number of halogens is 1. The first-order valence-electron chi connectivity index (χ1n) is 6.84. The van der Waals surface area contributed by atoms with Gasteiger partial charge in [0.2, 0.25) is 0 Å². The SMILES string of the molecule is Brc1ccccc1.Cc1ccc(CSn2ccc(N)n2)cc1. The van der Waals surface area contributed by atoms with Crippen molar-refractivity contribution in [3.63, 3.8) is 0 Å². The third kappa shape index (κ3) is 5.95.